The second-order valence-corrected chi connectivity index (χ2v) is 5.34. The van der Waals surface area contributed by atoms with Crippen LogP contribution in [-0.2, 0) is 6.54 Å². The first-order valence-electron chi connectivity index (χ1n) is 7.02. The predicted molar refractivity (Wildman–Crippen MR) is 87.0 cm³/mol. The van der Waals surface area contributed by atoms with E-state index in [-0.39, 0.29) is 34.8 Å². The van der Waals surface area contributed by atoms with Crippen molar-refractivity contribution in [3.8, 4) is 0 Å². The number of H-pyrrole nitrogens is 1. The highest BCUT2D eigenvalue weighted by Gasteiger charge is 2.16. The Bertz CT molecular complexity index is 840. The summed E-state index contributed by atoms with van der Waals surface area (Å²) >= 11 is 0. The maximum Gasteiger partial charge on any atom is 0.293 e. The minimum Gasteiger partial charge on any atom is -0.375 e. The second kappa shape index (κ2) is 6.43. The number of benzene rings is 1. The van der Waals surface area contributed by atoms with Gasteiger partial charge in [-0.2, -0.15) is 0 Å². The predicted octanol–water partition coefficient (Wildman–Crippen LogP) is 2.71. The van der Waals surface area contributed by atoms with Crippen LogP contribution in [0.2, 0.25) is 0 Å². The maximum absolute atomic E-state index is 12.0. The number of nitro groups is 1. The summed E-state index contributed by atoms with van der Waals surface area (Å²) in [5.41, 5.74) is 2.19. The van der Waals surface area contributed by atoms with Gasteiger partial charge in [-0.15, -0.1) is 0 Å². The number of aryl methyl sites for hydroxylation is 2. The summed E-state index contributed by atoms with van der Waals surface area (Å²) in [7, 11) is 0. The Hall–Kier alpha value is -2.96. The lowest BCUT2D eigenvalue weighted by atomic mass is 10.1. The van der Waals surface area contributed by atoms with E-state index in [0.717, 1.165) is 11.3 Å². The third-order valence-corrected chi connectivity index (χ3v) is 3.55. The molecule has 2 aromatic rings. The normalized spacial score (nSPS) is 10.4. The zero-order valence-electron chi connectivity index (χ0n) is 13.1. The smallest absolute Gasteiger partial charge is 0.293 e. The number of carbonyl (C=O) groups excluding carboxylic acids is 1. The van der Waals surface area contributed by atoms with Gasteiger partial charge in [0.2, 0.25) is 0 Å². The number of Topliss-reactive ketones (excluding diaryl/α,β-unsaturated/α-hetero) is 1. The fraction of sp³-hybridized carbons (Fsp3) is 0.250. The van der Waals surface area contributed by atoms with Gasteiger partial charge in [-0.3, -0.25) is 19.7 Å². The second-order valence-electron chi connectivity index (χ2n) is 5.34. The van der Waals surface area contributed by atoms with Crippen LogP contribution in [0.25, 0.3) is 0 Å². The molecule has 0 radical (unpaired) electrons. The van der Waals surface area contributed by atoms with E-state index < -0.39 is 4.92 Å². The Kier molecular flexibility index (Phi) is 4.59. The molecule has 0 fully saturated rings. The van der Waals surface area contributed by atoms with Crippen LogP contribution < -0.4 is 10.9 Å². The SMILES string of the molecule is CC(=O)c1ccc(NCc2c(C)cc(C)[nH]c2=O)c([N+](=O)[O-])c1. The van der Waals surface area contributed by atoms with E-state index in [0.29, 0.717) is 5.56 Å². The van der Waals surface area contributed by atoms with Gasteiger partial charge < -0.3 is 10.3 Å². The molecule has 7 nitrogen and oxygen atoms in total. The molecule has 0 unspecified atom stereocenters. The molecule has 1 aromatic carbocycles. The van der Waals surface area contributed by atoms with Crippen LogP contribution >= 0.6 is 0 Å². The van der Waals surface area contributed by atoms with Gasteiger partial charge in [0, 0.05) is 29.4 Å². The van der Waals surface area contributed by atoms with E-state index in [1.54, 1.807) is 6.92 Å². The number of ketones is 1. The molecule has 0 aliphatic rings. The summed E-state index contributed by atoms with van der Waals surface area (Å²) < 4.78 is 0. The molecule has 2 rings (SSSR count). The number of nitro benzene ring substituents is 1. The molecule has 0 aliphatic carbocycles. The zero-order chi connectivity index (χ0) is 17.1. The first-order chi connectivity index (χ1) is 10.8. The van der Waals surface area contributed by atoms with Gasteiger partial charge in [-0.1, -0.05) is 0 Å². The number of hydrogen-bond acceptors (Lipinski definition) is 5. The van der Waals surface area contributed by atoms with Crippen molar-refractivity contribution in [2.24, 2.45) is 0 Å². The number of anilines is 1. The van der Waals surface area contributed by atoms with Crippen molar-refractivity contribution in [1.82, 2.24) is 4.98 Å². The molecule has 2 N–H and O–H groups in total. The van der Waals surface area contributed by atoms with E-state index in [4.69, 9.17) is 0 Å². The number of hydrogen-bond donors (Lipinski definition) is 2. The number of pyridine rings is 1. The molecular weight excluding hydrogens is 298 g/mol. The van der Waals surface area contributed by atoms with Crippen LogP contribution in [0.5, 0.6) is 0 Å². The molecule has 0 aliphatic heterocycles. The van der Waals surface area contributed by atoms with Crippen LogP contribution in [0.4, 0.5) is 11.4 Å². The molecule has 23 heavy (non-hydrogen) atoms. The van der Waals surface area contributed by atoms with Crippen LogP contribution in [0, 0.1) is 24.0 Å². The fourth-order valence-electron chi connectivity index (χ4n) is 2.34. The van der Waals surface area contributed by atoms with Crippen molar-refractivity contribution in [1.29, 1.82) is 0 Å². The van der Waals surface area contributed by atoms with Crippen LogP contribution in [0.15, 0.2) is 29.1 Å². The summed E-state index contributed by atoms with van der Waals surface area (Å²) in [6, 6.07) is 6.07. The van der Waals surface area contributed by atoms with Gasteiger partial charge in [0.25, 0.3) is 11.2 Å². The molecule has 0 bridgehead atoms. The van der Waals surface area contributed by atoms with Crippen molar-refractivity contribution in [2.45, 2.75) is 27.3 Å². The molecule has 0 amide bonds. The van der Waals surface area contributed by atoms with E-state index in [1.807, 2.05) is 13.0 Å². The van der Waals surface area contributed by atoms with Crippen LogP contribution in [0.3, 0.4) is 0 Å². The fourth-order valence-corrected chi connectivity index (χ4v) is 2.34. The first kappa shape index (κ1) is 16.4. The minimum absolute atomic E-state index is 0.154. The maximum atomic E-state index is 12.0. The lowest BCUT2D eigenvalue weighted by molar-refractivity contribution is -0.384. The summed E-state index contributed by atoms with van der Waals surface area (Å²) in [5, 5.41) is 14.1. The van der Waals surface area contributed by atoms with Gasteiger partial charge in [0.1, 0.15) is 5.69 Å². The van der Waals surface area contributed by atoms with Crippen molar-refractivity contribution in [3.63, 3.8) is 0 Å². The summed E-state index contributed by atoms with van der Waals surface area (Å²) in [4.78, 5) is 36.6. The molecule has 1 heterocycles. The lowest BCUT2D eigenvalue weighted by Crippen LogP contribution is -2.18. The first-order valence-corrected chi connectivity index (χ1v) is 7.02. The van der Waals surface area contributed by atoms with Gasteiger partial charge in [-0.25, -0.2) is 0 Å². The van der Waals surface area contributed by atoms with Crippen molar-refractivity contribution in [2.75, 3.05) is 5.32 Å². The number of carbonyl (C=O) groups is 1. The highest BCUT2D eigenvalue weighted by atomic mass is 16.6. The topological polar surface area (TPSA) is 105 Å². The molecule has 0 atom stereocenters. The standard InChI is InChI=1S/C16H17N3O4/c1-9-6-10(2)18-16(21)13(9)8-17-14-5-4-12(11(3)20)7-15(14)19(22)23/h4-7,17H,8H2,1-3H3,(H,18,21). The Morgan fingerprint density at radius 3 is 2.57 bits per heavy atom. The van der Waals surface area contributed by atoms with Gasteiger partial charge >= 0.3 is 0 Å². The largest absolute Gasteiger partial charge is 0.375 e. The summed E-state index contributed by atoms with van der Waals surface area (Å²) in [6.07, 6.45) is 0. The van der Waals surface area contributed by atoms with E-state index in [9.17, 15) is 19.7 Å². The Morgan fingerprint density at radius 1 is 1.30 bits per heavy atom. The van der Waals surface area contributed by atoms with E-state index in [2.05, 4.69) is 10.3 Å². The highest BCUT2D eigenvalue weighted by Crippen LogP contribution is 2.26. The van der Waals surface area contributed by atoms with Crippen molar-refractivity contribution in [3.05, 3.63) is 67.1 Å². The Labute approximate surface area is 132 Å². The number of nitrogens with zero attached hydrogens (tertiary/aromatic N) is 1. The molecule has 0 saturated carbocycles. The van der Waals surface area contributed by atoms with Gasteiger partial charge in [0.05, 0.1) is 4.92 Å². The third kappa shape index (κ3) is 3.63. The molecule has 120 valence electrons. The Morgan fingerprint density at radius 2 is 2.00 bits per heavy atom. The van der Waals surface area contributed by atoms with Crippen LogP contribution in [0.1, 0.15) is 34.1 Å². The molecular formula is C16H17N3O4. The molecule has 0 spiro atoms. The van der Waals surface area contributed by atoms with Crippen molar-refractivity contribution < 1.29 is 9.72 Å². The number of rotatable bonds is 5. The molecule has 1 aromatic heterocycles. The van der Waals surface area contributed by atoms with Crippen molar-refractivity contribution >= 4 is 17.2 Å². The minimum atomic E-state index is -0.555. The van der Waals surface area contributed by atoms with E-state index >= 15 is 0 Å². The third-order valence-electron chi connectivity index (χ3n) is 3.55. The number of nitrogens with one attached hydrogen (secondary N) is 2. The quantitative estimate of drug-likeness (QED) is 0.501. The van der Waals surface area contributed by atoms with E-state index in [1.165, 1.54) is 25.1 Å². The Balaban J connectivity index is 2.33. The average molecular weight is 315 g/mol. The molecule has 7 heteroatoms. The summed E-state index contributed by atoms with van der Waals surface area (Å²) in [5.74, 6) is -0.245. The van der Waals surface area contributed by atoms with Gasteiger partial charge in [-0.05, 0) is 44.5 Å². The summed E-state index contributed by atoms with van der Waals surface area (Å²) in [6.45, 7) is 5.10. The lowest BCUT2D eigenvalue weighted by Gasteiger charge is -2.10. The number of aromatic nitrogens is 1. The highest BCUT2D eigenvalue weighted by molar-refractivity contribution is 5.95. The number of aromatic amines is 1. The van der Waals surface area contributed by atoms with Gasteiger partial charge in [0.15, 0.2) is 5.78 Å². The monoisotopic (exact) mass is 315 g/mol. The van der Waals surface area contributed by atoms with Crippen LogP contribution in [-0.4, -0.2) is 15.7 Å². The average Bonchev–Trinajstić information content (AvgIpc) is 2.45. The zero-order valence-corrected chi connectivity index (χ0v) is 13.1. The molecule has 0 saturated heterocycles.